The van der Waals surface area contributed by atoms with Gasteiger partial charge in [-0.05, 0) is 13.0 Å². The van der Waals surface area contributed by atoms with E-state index in [1.165, 1.54) is 0 Å². The fourth-order valence-electron chi connectivity index (χ4n) is 1.38. The predicted molar refractivity (Wildman–Crippen MR) is 55.9 cm³/mol. The molecule has 0 unspecified atom stereocenters. The molecular weight excluding hydrogens is 203 g/mol. The highest BCUT2D eigenvalue weighted by Gasteiger charge is 2.10. The van der Waals surface area contributed by atoms with Crippen molar-refractivity contribution in [2.24, 2.45) is 11.0 Å². The molecule has 1 heterocycles. The van der Waals surface area contributed by atoms with Crippen molar-refractivity contribution in [3.8, 4) is 0 Å². The first-order valence-electron chi connectivity index (χ1n) is 4.80. The molecule has 0 amide bonds. The zero-order valence-corrected chi connectivity index (χ0v) is 9.21. The Labute approximate surface area is 84.5 Å². The largest absolute Gasteiger partial charge is 0.379 e. The fourth-order valence-corrected chi connectivity index (χ4v) is 1.89. The lowest BCUT2D eigenvalue weighted by atomic mass is 10.3. The van der Waals surface area contributed by atoms with Crippen LogP contribution in [0.4, 0.5) is 0 Å². The minimum Gasteiger partial charge on any atom is -0.379 e. The van der Waals surface area contributed by atoms with E-state index in [9.17, 15) is 4.57 Å². The quantitative estimate of drug-likeness (QED) is 0.421. The Hall–Kier alpha value is 0.0300. The lowest BCUT2D eigenvalue weighted by Crippen LogP contribution is -2.37. The summed E-state index contributed by atoms with van der Waals surface area (Å²) in [5.41, 5.74) is 10.3. The van der Waals surface area contributed by atoms with Crippen molar-refractivity contribution in [1.29, 1.82) is 0 Å². The van der Waals surface area contributed by atoms with Crippen LogP contribution in [0.2, 0.25) is 0 Å². The molecule has 0 spiro atoms. The average Bonchev–Trinajstić information content (AvgIpc) is 2.13. The zero-order valence-electron chi connectivity index (χ0n) is 8.32. The topological polar surface area (TPSA) is 93.6 Å². The van der Waals surface area contributed by atoms with Crippen molar-refractivity contribution in [2.75, 3.05) is 39.4 Å². The van der Waals surface area contributed by atoms with Gasteiger partial charge >= 0.3 is 0 Å². The highest BCUT2D eigenvalue weighted by Crippen LogP contribution is 2.16. The summed E-state index contributed by atoms with van der Waals surface area (Å²) in [7, 11) is -3.03. The van der Waals surface area contributed by atoms with Crippen LogP contribution in [-0.4, -0.2) is 44.3 Å². The molecule has 14 heavy (non-hydrogen) atoms. The van der Waals surface area contributed by atoms with E-state index >= 15 is 0 Å². The van der Waals surface area contributed by atoms with Crippen molar-refractivity contribution < 1.29 is 9.30 Å². The van der Waals surface area contributed by atoms with Crippen LogP contribution < -0.4 is 16.1 Å². The molecule has 6 nitrogen and oxygen atoms in total. The Kier molecular flexibility index (Phi) is 5.01. The van der Waals surface area contributed by atoms with Gasteiger partial charge in [0.2, 0.25) is 0 Å². The van der Waals surface area contributed by atoms with Gasteiger partial charge in [-0.3, -0.25) is 20.5 Å². The molecule has 1 aliphatic heterocycles. The van der Waals surface area contributed by atoms with Gasteiger partial charge in [-0.2, -0.15) is 0 Å². The van der Waals surface area contributed by atoms with E-state index in [4.69, 9.17) is 15.7 Å². The molecule has 0 aromatic rings. The first-order valence-corrected chi connectivity index (χ1v) is 6.65. The van der Waals surface area contributed by atoms with Crippen LogP contribution in [0.15, 0.2) is 0 Å². The molecule has 1 aliphatic rings. The van der Waals surface area contributed by atoms with Crippen LogP contribution in [0.3, 0.4) is 0 Å². The first-order chi connectivity index (χ1) is 6.58. The van der Waals surface area contributed by atoms with Crippen LogP contribution in [0.1, 0.15) is 6.42 Å². The molecular formula is C7H19N4O2P. The van der Waals surface area contributed by atoms with Crippen molar-refractivity contribution in [1.82, 2.24) is 9.99 Å². The normalized spacial score (nSPS) is 19.9. The van der Waals surface area contributed by atoms with E-state index in [-0.39, 0.29) is 0 Å². The van der Waals surface area contributed by atoms with E-state index in [0.29, 0.717) is 6.54 Å². The SMILES string of the molecule is NP(N)(=O)NCCCN1CCOCC1. The number of morpholine rings is 1. The molecule has 1 rings (SSSR count). The minimum atomic E-state index is -3.03. The average molecular weight is 222 g/mol. The van der Waals surface area contributed by atoms with Crippen LogP contribution >= 0.6 is 7.59 Å². The summed E-state index contributed by atoms with van der Waals surface area (Å²) in [5, 5.41) is 2.61. The molecule has 0 saturated carbocycles. The maximum Gasteiger partial charge on any atom is 0.273 e. The van der Waals surface area contributed by atoms with Crippen molar-refractivity contribution in [3.05, 3.63) is 0 Å². The molecule has 0 bridgehead atoms. The molecule has 7 heteroatoms. The van der Waals surface area contributed by atoms with E-state index in [2.05, 4.69) is 9.99 Å². The molecule has 0 aliphatic carbocycles. The van der Waals surface area contributed by atoms with Crippen LogP contribution in [0.25, 0.3) is 0 Å². The third-order valence-corrected chi connectivity index (χ3v) is 2.83. The van der Waals surface area contributed by atoms with Gasteiger partial charge in [0.25, 0.3) is 7.59 Å². The predicted octanol–water partition coefficient (Wildman–Crippen LogP) is -0.676. The number of nitrogens with one attached hydrogen (secondary N) is 1. The van der Waals surface area contributed by atoms with E-state index in [0.717, 1.165) is 39.3 Å². The smallest absolute Gasteiger partial charge is 0.273 e. The summed E-state index contributed by atoms with van der Waals surface area (Å²) in [6.45, 7) is 5.13. The summed E-state index contributed by atoms with van der Waals surface area (Å²) in [6.07, 6.45) is 0.901. The second-order valence-corrected chi connectivity index (χ2v) is 5.16. The molecule has 84 valence electrons. The number of nitrogens with zero attached hydrogens (tertiary/aromatic N) is 1. The third-order valence-electron chi connectivity index (χ3n) is 2.11. The van der Waals surface area contributed by atoms with Crippen LogP contribution in [0.5, 0.6) is 0 Å². The van der Waals surface area contributed by atoms with Gasteiger partial charge in [0.15, 0.2) is 0 Å². The number of rotatable bonds is 5. The highest BCUT2D eigenvalue weighted by molar-refractivity contribution is 7.56. The Morgan fingerprint density at radius 3 is 2.57 bits per heavy atom. The molecule has 0 atom stereocenters. The molecule has 0 radical (unpaired) electrons. The van der Waals surface area contributed by atoms with E-state index in [1.54, 1.807) is 0 Å². The maximum atomic E-state index is 10.9. The molecule has 0 aromatic heterocycles. The van der Waals surface area contributed by atoms with Gasteiger partial charge in [0.1, 0.15) is 0 Å². The van der Waals surface area contributed by atoms with Crippen molar-refractivity contribution >= 4 is 7.59 Å². The Morgan fingerprint density at radius 2 is 2.00 bits per heavy atom. The molecule has 1 saturated heterocycles. The van der Waals surface area contributed by atoms with Crippen molar-refractivity contribution in [3.63, 3.8) is 0 Å². The molecule has 1 fully saturated rings. The minimum absolute atomic E-state index is 0.599. The Bertz CT molecular complexity index is 202. The summed E-state index contributed by atoms with van der Waals surface area (Å²) in [5.74, 6) is 0. The maximum absolute atomic E-state index is 10.9. The molecule has 5 N–H and O–H groups in total. The monoisotopic (exact) mass is 222 g/mol. The number of nitrogens with two attached hydrogens (primary N) is 2. The summed E-state index contributed by atoms with van der Waals surface area (Å²) >= 11 is 0. The summed E-state index contributed by atoms with van der Waals surface area (Å²) < 4.78 is 16.1. The van der Waals surface area contributed by atoms with Gasteiger partial charge in [-0.15, -0.1) is 0 Å². The Balaban J connectivity index is 2.00. The lowest BCUT2D eigenvalue weighted by Gasteiger charge is -2.26. The van der Waals surface area contributed by atoms with Gasteiger partial charge in [-0.25, -0.2) is 5.09 Å². The standard InChI is InChI=1S/C7H19N4O2P/c8-14(9,12)10-2-1-3-11-4-6-13-7-5-11/h1-7H2,(H5,8,9,10,12). The number of ether oxygens (including phenoxy) is 1. The third kappa shape index (κ3) is 5.70. The second-order valence-electron chi connectivity index (χ2n) is 3.43. The van der Waals surface area contributed by atoms with E-state index < -0.39 is 7.59 Å². The number of hydrogen-bond donors (Lipinski definition) is 3. The summed E-state index contributed by atoms with van der Waals surface area (Å²) in [6, 6.07) is 0. The molecule has 0 aromatic carbocycles. The first kappa shape index (κ1) is 12.1. The van der Waals surface area contributed by atoms with E-state index in [1.807, 2.05) is 0 Å². The van der Waals surface area contributed by atoms with Crippen LogP contribution in [0, 0.1) is 0 Å². The van der Waals surface area contributed by atoms with Gasteiger partial charge in [0, 0.05) is 19.6 Å². The van der Waals surface area contributed by atoms with Crippen molar-refractivity contribution in [2.45, 2.75) is 6.42 Å². The second kappa shape index (κ2) is 5.80. The fraction of sp³-hybridized carbons (Fsp3) is 1.00. The number of hydrogen-bond acceptors (Lipinski definition) is 3. The summed E-state index contributed by atoms with van der Waals surface area (Å²) in [4.78, 5) is 2.31. The van der Waals surface area contributed by atoms with Gasteiger partial charge < -0.3 is 4.74 Å². The van der Waals surface area contributed by atoms with Gasteiger partial charge in [0.05, 0.1) is 13.2 Å². The van der Waals surface area contributed by atoms with Gasteiger partial charge in [-0.1, -0.05) is 0 Å². The van der Waals surface area contributed by atoms with Crippen LogP contribution in [-0.2, 0) is 9.30 Å². The lowest BCUT2D eigenvalue weighted by molar-refractivity contribution is 0.0376. The zero-order chi connectivity index (χ0) is 10.4. The highest BCUT2D eigenvalue weighted by atomic mass is 31.2. The Morgan fingerprint density at radius 1 is 1.36 bits per heavy atom.